The topological polar surface area (TPSA) is 61.8 Å². The van der Waals surface area contributed by atoms with Crippen molar-refractivity contribution in [3.05, 3.63) is 0 Å². The molecule has 2 N–H and O–H groups in total. The Morgan fingerprint density at radius 2 is 2.47 bits per heavy atom. The first-order chi connectivity index (χ1) is 7.27. The molecule has 0 amide bonds. The minimum absolute atomic E-state index is 0.321. The monoisotopic (exact) mass is 214 g/mol. The Balaban J connectivity index is 1.89. The van der Waals surface area contributed by atoms with Crippen LogP contribution in [-0.2, 0) is 9.53 Å². The van der Waals surface area contributed by atoms with Crippen molar-refractivity contribution in [2.45, 2.75) is 24.9 Å². The van der Waals surface area contributed by atoms with Gasteiger partial charge < -0.3 is 15.2 Å². The summed E-state index contributed by atoms with van der Waals surface area (Å²) in [6.45, 7) is 3.60. The maximum absolute atomic E-state index is 11.0. The molecule has 0 aromatic carbocycles. The van der Waals surface area contributed by atoms with Gasteiger partial charge in [0.15, 0.2) is 0 Å². The third kappa shape index (κ3) is 2.68. The standard InChI is InChI=1S/C10H18N2O3/c13-10(14)9-7-15-5-4-12(9)6-8-2-1-3-11-8/h8-9,11H,1-7H2,(H,13,14)/t8-,9+/m1/s1. The highest BCUT2D eigenvalue weighted by Gasteiger charge is 2.31. The van der Waals surface area contributed by atoms with Crippen molar-refractivity contribution in [3.8, 4) is 0 Å². The van der Waals surface area contributed by atoms with E-state index in [1.807, 2.05) is 4.90 Å². The fourth-order valence-corrected chi connectivity index (χ4v) is 2.28. The second-order valence-electron chi connectivity index (χ2n) is 4.22. The van der Waals surface area contributed by atoms with Crippen molar-refractivity contribution in [2.24, 2.45) is 0 Å². The number of carbonyl (C=O) groups is 1. The molecule has 0 bridgehead atoms. The first kappa shape index (κ1) is 10.9. The zero-order chi connectivity index (χ0) is 10.7. The predicted octanol–water partition coefficient (Wildman–Crippen LogP) is -0.476. The minimum Gasteiger partial charge on any atom is -0.480 e. The summed E-state index contributed by atoms with van der Waals surface area (Å²) in [4.78, 5) is 13.0. The van der Waals surface area contributed by atoms with Gasteiger partial charge in [0, 0.05) is 19.1 Å². The minimum atomic E-state index is -0.771. The van der Waals surface area contributed by atoms with Crippen LogP contribution in [0.25, 0.3) is 0 Å². The maximum atomic E-state index is 11.0. The Hall–Kier alpha value is -0.650. The van der Waals surface area contributed by atoms with E-state index in [-0.39, 0.29) is 0 Å². The summed E-state index contributed by atoms with van der Waals surface area (Å²) in [7, 11) is 0. The third-order valence-electron chi connectivity index (χ3n) is 3.14. The van der Waals surface area contributed by atoms with Crippen LogP contribution in [0.3, 0.4) is 0 Å². The zero-order valence-corrected chi connectivity index (χ0v) is 8.82. The number of ether oxygens (including phenoxy) is 1. The lowest BCUT2D eigenvalue weighted by atomic mass is 10.1. The molecule has 2 atom stereocenters. The summed E-state index contributed by atoms with van der Waals surface area (Å²) in [6.07, 6.45) is 2.36. The molecular weight excluding hydrogens is 196 g/mol. The Kier molecular flexibility index (Phi) is 3.56. The van der Waals surface area contributed by atoms with Crippen LogP contribution in [0.15, 0.2) is 0 Å². The average Bonchev–Trinajstić information content (AvgIpc) is 2.71. The molecule has 0 spiro atoms. The van der Waals surface area contributed by atoms with Gasteiger partial charge in [-0.3, -0.25) is 9.69 Å². The van der Waals surface area contributed by atoms with Crippen molar-refractivity contribution in [3.63, 3.8) is 0 Å². The van der Waals surface area contributed by atoms with Crippen LogP contribution in [0.5, 0.6) is 0 Å². The van der Waals surface area contributed by atoms with Crippen LogP contribution in [0.2, 0.25) is 0 Å². The molecule has 5 nitrogen and oxygen atoms in total. The van der Waals surface area contributed by atoms with Gasteiger partial charge >= 0.3 is 5.97 Å². The van der Waals surface area contributed by atoms with Crippen LogP contribution < -0.4 is 5.32 Å². The van der Waals surface area contributed by atoms with Gasteiger partial charge in [-0.2, -0.15) is 0 Å². The van der Waals surface area contributed by atoms with E-state index in [9.17, 15) is 4.79 Å². The average molecular weight is 214 g/mol. The molecule has 2 aliphatic rings. The second-order valence-corrected chi connectivity index (χ2v) is 4.22. The first-order valence-corrected chi connectivity index (χ1v) is 5.55. The summed E-state index contributed by atoms with van der Waals surface area (Å²) in [5.41, 5.74) is 0. The second kappa shape index (κ2) is 4.92. The molecular formula is C10H18N2O3. The molecule has 0 unspecified atom stereocenters. The van der Waals surface area contributed by atoms with E-state index in [4.69, 9.17) is 9.84 Å². The fraction of sp³-hybridized carbons (Fsp3) is 0.900. The van der Waals surface area contributed by atoms with Gasteiger partial charge in [0.1, 0.15) is 6.04 Å². The summed E-state index contributed by atoms with van der Waals surface area (Å²) < 4.78 is 5.20. The number of carboxylic acid groups (broad SMARTS) is 1. The van der Waals surface area contributed by atoms with Crippen LogP contribution in [0.1, 0.15) is 12.8 Å². The van der Waals surface area contributed by atoms with E-state index in [0.29, 0.717) is 19.3 Å². The summed E-state index contributed by atoms with van der Waals surface area (Å²) >= 11 is 0. The number of carboxylic acids is 1. The molecule has 0 saturated carbocycles. The molecule has 0 aliphatic carbocycles. The van der Waals surface area contributed by atoms with E-state index < -0.39 is 12.0 Å². The number of rotatable bonds is 3. The van der Waals surface area contributed by atoms with E-state index in [2.05, 4.69) is 5.32 Å². The number of morpholine rings is 1. The van der Waals surface area contributed by atoms with E-state index in [1.165, 1.54) is 6.42 Å². The van der Waals surface area contributed by atoms with Crippen molar-refractivity contribution in [1.29, 1.82) is 0 Å². The van der Waals surface area contributed by atoms with Gasteiger partial charge in [-0.15, -0.1) is 0 Å². The van der Waals surface area contributed by atoms with Crippen LogP contribution in [0.4, 0.5) is 0 Å². The van der Waals surface area contributed by atoms with E-state index in [0.717, 1.165) is 26.1 Å². The Labute approximate surface area is 89.4 Å². The highest BCUT2D eigenvalue weighted by molar-refractivity contribution is 5.73. The molecule has 0 radical (unpaired) electrons. The highest BCUT2D eigenvalue weighted by Crippen LogP contribution is 2.12. The zero-order valence-electron chi connectivity index (χ0n) is 8.82. The molecule has 2 saturated heterocycles. The molecule has 5 heteroatoms. The van der Waals surface area contributed by atoms with Gasteiger partial charge in [0.05, 0.1) is 13.2 Å². The maximum Gasteiger partial charge on any atom is 0.323 e. The molecule has 0 aromatic heterocycles. The molecule has 15 heavy (non-hydrogen) atoms. The van der Waals surface area contributed by atoms with E-state index in [1.54, 1.807) is 0 Å². The largest absolute Gasteiger partial charge is 0.480 e. The lowest BCUT2D eigenvalue weighted by Crippen LogP contribution is -2.53. The number of hydrogen-bond acceptors (Lipinski definition) is 4. The van der Waals surface area contributed by atoms with Crippen molar-refractivity contribution < 1.29 is 14.6 Å². The first-order valence-electron chi connectivity index (χ1n) is 5.55. The van der Waals surface area contributed by atoms with Crippen molar-refractivity contribution in [1.82, 2.24) is 10.2 Å². The Morgan fingerprint density at radius 3 is 3.13 bits per heavy atom. The number of nitrogens with zero attached hydrogens (tertiary/aromatic N) is 1. The molecule has 86 valence electrons. The number of hydrogen-bond donors (Lipinski definition) is 2. The van der Waals surface area contributed by atoms with Gasteiger partial charge in [0.25, 0.3) is 0 Å². The smallest absolute Gasteiger partial charge is 0.323 e. The molecule has 2 heterocycles. The highest BCUT2D eigenvalue weighted by atomic mass is 16.5. The van der Waals surface area contributed by atoms with Gasteiger partial charge in [0.2, 0.25) is 0 Å². The van der Waals surface area contributed by atoms with Gasteiger partial charge in [-0.25, -0.2) is 0 Å². The molecule has 2 fully saturated rings. The number of nitrogens with one attached hydrogen (secondary N) is 1. The Bertz CT molecular complexity index is 229. The lowest BCUT2D eigenvalue weighted by Gasteiger charge is -2.34. The quantitative estimate of drug-likeness (QED) is 0.664. The van der Waals surface area contributed by atoms with Crippen LogP contribution in [0, 0.1) is 0 Å². The molecule has 2 aliphatic heterocycles. The Morgan fingerprint density at radius 1 is 1.60 bits per heavy atom. The SMILES string of the molecule is O=C(O)[C@@H]1COCCN1C[C@H]1CCCN1. The van der Waals surface area contributed by atoms with Gasteiger partial charge in [-0.1, -0.05) is 0 Å². The normalized spacial score (nSPS) is 33.1. The summed E-state index contributed by atoms with van der Waals surface area (Å²) in [5.74, 6) is -0.771. The summed E-state index contributed by atoms with van der Waals surface area (Å²) in [5, 5.41) is 12.4. The third-order valence-corrected chi connectivity index (χ3v) is 3.14. The number of aliphatic carboxylic acids is 1. The van der Waals surface area contributed by atoms with Crippen LogP contribution >= 0.6 is 0 Å². The lowest BCUT2D eigenvalue weighted by molar-refractivity contribution is -0.149. The predicted molar refractivity (Wildman–Crippen MR) is 54.8 cm³/mol. The van der Waals surface area contributed by atoms with Crippen LogP contribution in [-0.4, -0.2) is 60.9 Å². The molecule has 2 rings (SSSR count). The fourth-order valence-electron chi connectivity index (χ4n) is 2.28. The van der Waals surface area contributed by atoms with Crippen molar-refractivity contribution >= 4 is 5.97 Å². The summed E-state index contributed by atoms with van der Waals surface area (Å²) in [6, 6.07) is 0.00565. The van der Waals surface area contributed by atoms with Crippen molar-refractivity contribution in [2.75, 3.05) is 32.8 Å². The molecule has 0 aromatic rings. The van der Waals surface area contributed by atoms with E-state index >= 15 is 0 Å². The van der Waals surface area contributed by atoms with Gasteiger partial charge in [-0.05, 0) is 19.4 Å².